The van der Waals surface area contributed by atoms with E-state index in [1.165, 1.54) is 12.1 Å². The number of urea groups is 1. The Balaban J connectivity index is 1.67. The summed E-state index contributed by atoms with van der Waals surface area (Å²) in [6, 6.07) is 6.24. The predicted octanol–water partition coefficient (Wildman–Crippen LogP) is 2.22. The Morgan fingerprint density at radius 3 is 2.86 bits per heavy atom. The second-order valence-corrected chi connectivity index (χ2v) is 5.96. The Bertz CT molecular complexity index is 491. The molecular formula is C16H23FN2O2. The molecule has 1 unspecified atom stereocenters. The maximum Gasteiger partial charge on any atom is 0.315 e. The van der Waals surface area contributed by atoms with E-state index in [4.69, 9.17) is 0 Å². The normalized spacial score (nSPS) is 17.1. The first-order chi connectivity index (χ1) is 10.0. The Hall–Kier alpha value is -1.62. The molecule has 0 aromatic heterocycles. The van der Waals surface area contributed by atoms with E-state index in [-0.39, 0.29) is 18.5 Å². The van der Waals surface area contributed by atoms with Crippen molar-refractivity contribution in [3.8, 4) is 0 Å². The molecule has 0 heterocycles. The van der Waals surface area contributed by atoms with Gasteiger partial charge in [-0.25, -0.2) is 9.18 Å². The van der Waals surface area contributed by atoms with Crippen molar-refractivity contribution in [2.45, 2.75) is 38.1 Å². The van der Waals surface area contributed by atoms with E-state index >= 15 is 0 Å². The maximum absolute atomic E-state index is 13.0. The van der Waals surface area contributed by atoms with Gasteiger partial charge < -0.3 is 15.7 Å². The van der Waals surface area contributed by atoms with Gasteiger partial charge in [-0.1, -0.05) is 12.1 Å². The van der Waals surface area contributed by atoms with Crippen LogP contribution in [0.4, 0.5) is 9.18 Å². The van der Waals surface area contributed by atoms with Gasteiger partial charge in [0.15, 0.2) is 0 Å². The lowest BCUT2D eigenvalue weighted by Gasteiger charge is -2.28. The van der Waals surface area contributed by atoms with Crippen molar-refractivity contribution in [1.29, 1.82) is 0 Å². The molecule has 4 nitrogen and oxygen atoms in total. The average molecular weight is 294 g/mol. The molecule has 1 fully saturated rings. The van der Waals surface area contributed by atoms with Gasteiger partial charge in [-0.05, 0) is 56.2 Å². The van der Waals surface area contributed by atoms with E-state index < -0.39 is 5.54 Å². The molecule has 0 aliphatic heterocycles. The van der Waals surface area contributed by atoms with E-state index in [0.717, 1.165) is 31.2 Å². The molecule has 116 valence electrons. The van der Waals surface area contributed by atoms with Crippen LogP contribution in [-0.2, 0) is 6.42 Å². The smallest absolute Gasteiger partial charge is 0.315 e. The second kappa shape index (κ2) is 6.89. The van der Waals surface area contributed by atoms with E-state index in [9.17, 15) is 14.3 Å². The Labute approximate surface area is 124 Å². The van der Waals surface area contributed by atoms with Gasteiger partial charge in [0, 0.05) is 6.54 Å². The third kappa shape index (κ3) is 4.70. The zero-order valence-corrected chi connectivity index (χ0v) is 12.4. The molecule has 2 rings (SSSR count). The lowest BCUT2D eigenvalue weighted by molar-refractivity contribution is 0.155. The molecule has 0 radical (unpaired) electrons. The fourth-order valence-corrected chi connectivity index (χ4v) is 2.48. The zero-order chi connectivity index (χ0) is 15.3. The molecular weight excluding hydrogens is 271 g/mol. The molecule has 1 aromatic rings. The van der Waals surface area contributed by atoms with Crippen LogP contribution >= 0.6 is 0 Å². The van der Waals surface area contributed by atoms with Gasteiger partial charge in [-0.3, -0.25) is 0 Å². The number of rotatable bonds is 7. The minimum absolute atomic E-state index is 0.0472. The van der Waals surface area contributed by atoms with E-state index in [2.05, 4.69) is 10.6 Å². The molecule has 1 saturated carbocycles. The van der Waals surface area contributed by atoms with Crippen LogP contribution in [0, 0.1) is 11.7 Å². The van der Waals surface area contributed by atoms with Crippen molar-refractivity contribution in [1.82, 2.24) is 10.6 Å². The zero-order valence-electron chi connectivity index (χ0n) is 12.4. The van der Waals surface area contributed by atoms with Crippen molar-refractivity contribution in [3.63, 3.8) is 0 Å². The van der Waals surface area contributed by atoms with E-state index in [1.807, 2.05) is 13.0 Å². The molecule has 5 heteroatoms. The molecule has 2 amide bonds. The highest BCUT2D eigenvalue weighted by molar-refractivity contribution is 5.74. The Morgan fingerprint density at radius 2 is 2.24 bits per heavy atom. The number of amides is 2. The molecule has 1 aliphatic carbocycles. The van der Waals surface area contributed by atoms with Crippen molar-refractivity contribution >= 4 is 6.03 Å². The topological polar surface area (TPSA) is 61.4 Å². The second-order valence-electron chi connectivity index (χ2n) is 5.96. The van der Waals surface area contributed by atoms with Crippen molar-refractivity contribution in [3.05, 3.63) is 35.6 Å². The molecule has 21 heavy (non-hydrogen) atoms. The summed E-state index contributed by atoms with van der Waals surface area (Å²) in [6.45, 7) is 2.35. The minimum atomic E-state index is -0.521. The van der Waals surface area contributed by atoms with Crippen LogP contribution in [0.5, 0.6) is 0 Å². The SMILES string of the molecule is CC(CO)(NC(=O)NCCCc1cccc(F)c1)C1CC1. The molecule has 1 aromatic carbocycles. The number of hydrogen-bond acceptors (Lipinski definition) is 2. The number of benzene rings is 1. The fraction of sp³-hybridized carbons (Fsp3) is 0.562. The number of carbonyl (C=O) groups excluding carboxylic acids is 1. The van der Waals surface area contributed by atoms with Crippen LogP contribution < -0.4 is 10.6 Å². The summed E-state index contributed by atoms with van der Waals surface area (Å²) in [4.78, 5) is 11.8. The van der Waals surface area contributed by atoms with Crippen LogP contribution in [-0.4, -0.2) is 29.8 Å². The predicted molar refractivity (Wildman–Crippen MR) is 79.5 cm³/mol. The molecule has 0 saturated heterocycles. The lowest BCUT2D eigenvalue weighted by Crippen LogP contribution is -2.54. The van der Waals surface area contributed by atoms with Gasteiger partial charge in [0.05, 0.1) is 12.1 Å². The van der Waals surface area contributed by atoms with Crippen molar-refractivity contribution in [2.24, 2.45) is 5.92 Å². The number of hydrogen-bond donors (Lipinski definition) is 3. The summed E-state index contributed by atoms with van der Waals surface area (Å²) in [5, 5.41) is 15.1. The van der Waals surface area contributed by atoms with Crippen molar-refractivity contribution < 1.29 is 14.3 Å². The Kier molecular flexibility index (Phi) is 5.17. The van der Waals surface area contributed by atoms with Gasteiger partial charge in [0.2, 0.25) is 0 Å². The highest BCUT2D eigenvalue weighted by Gasteiger charge is 2.42. The van der Waals surface area contributed by atoms with E-state index in [0.29, 0.717) is 12.5 Å². The first kappa shape index (κ1) is 15.8. The number of aryl methyl sites for hydroxylation is 1. The fourth-order valence-electron chi connectivity index (χ4n) is 2.48. The quantitative estimate of drug-likeness (QED) is 0.675. The molecule has 1 aliphatic rings. The minimum Gasteiger partial charge on any atom is -0.394 e. The molecule has 0 bridgehead atoms. The lowest BCUT2D eigenvalue weighted by atomic mass is 9.97. The summed E-state index contributed by atoms with van der Waals surface area (Å²) in [5.41, 5.74) is 0.405. The number of aliphatic hydroxyl groups is 1. The highest BCUT2D eigenvalue weighted by Crippen LogP contribution is 2.39. The van der Waals surface area contributed by atoms with Gasteiger partial charge in [-0.2, -0.15) is 0 Å². The number of aliphatic hydroxyl groups excluding tert-OH is 1. The summed E-state index contributed by atoms with van der Waals surface area (Å²) in [5.74, 6) is 0.141. The van der Waals surface area contributed by atoms with Crippen LogP contribution in [0.25, 0.3) is 0 Å². The van der Waals surface area contributed by atoms with Gasteiger partial charge in [0.25, 0.3) is 0 Å². The maximum atomic E-state index is 13.0. The third-order valence-electron chi connectivity index (χ3n) is 4.02. The van der Waals surface area contributed by atoms with Crippen LogP contribution in [0.2, 0.25) is 0 Å². The summed E-state index contributed by atoms with van der Waals surface area (Å²) < 4.78 is 13.0. The molecule has 0 spiro atoms. The molecule has 1 atom stereocenters. The first-order valence-corrected chi connectivity index (χ1v) is 7.45. The van der Waals surface area contributed by atoms with Crippen molar-refractivity contribution in [2.75, 3.05) is 13.2 Å². The average Bonchev–Trinajstić information content (AvgIpc) is 3.28. The summed E-state index contributed by atoms with van der Waals surface area (Å²) in [6.07, 6.45) is 3.57. The number of nitrogens with one attached hydrogen (secondary N) is 2. The summed E-state index contributed by atoms with van der Waals surface area (Å²) >= 11 is 0. The van der Waals surface area contributed by atoms with Gasteiger partial charge in [0.1, 0.15) is 5.82 Å². The third-order valence-corrected chi connectivity index (χ3v) is 4.02. The monoisotopic (exact) mass is 294 g/mol. The van der Waals surface area contributed by atoms with Crippen LogP contribution in [0.3, 0.4) is 0 Å². The number of halogens is 1. The molecule has 3 N–H and O–H groups in total. The number of carbonyl (C=O) groups is 1. The van der Waals surface area contributed by atoms with E-state index in [1.54, 1.807) is 6.07 Å². The Morgan fingerprint density at radius 1 is 1.48 bits per heavy atom. The standard InChI is InChI=1S/C16H23FN2O2/c1-16(11-20,13-7-8-13)19-15(21)18-9-3-5-12-4-2-6-14(17)10-12/h2,4,6,10,13,20H,3,5,7-9,11H2,1H3,(H2,18,19,21). The van der Waals surface area contributed by atoms with Crippen LogP contribution in [0.1, 0.15) is 31.7 Å². The largest absolute Gasteiger partial charge is 0.394 e. The van der Waals surface area contributed by atoms with Gasteiger partial charge in [-0.15, -0.1) is 0 Å². The van der Waals surface area contributed by atoms with Gasteiger partial charge >= 0.3 is 6.03 Å². The highest BCUT2D eigenvalue weighted by atomic mass is 19.1. The first-order valence-electron chi connectivity index (χ1n) is 7.45. The van der Waals surface area contributed by atoms with Crippen LogP contribution in [0.15, 0.2) is 24.3 Å². The summed E-state index contributed by atoms with van der Waals surface area (Å²) in [7, 11) is 0.